The highest BCUT2D eigenvalue weighted by Gasteiger charge is 2.19. The normalized spacial score (nSPS) is 11.2. The first-order valence-electron chi connectivity index (χ1n) is 9.79. The Morgan fingerprint density at radius 3 is 2.44 bits per heavy atom. The van der Waals surface area contributed by atoms with E-state index in [0.29, 0.717) is 22.7 Å². The number of anilines is 2. The first kappa shape index (κ1) is 21.3. The molecule has 1 amide bonds. The molecule has 7 nitrogen and oxygen atoms in total. The van der Waals surface area contributed by atoms with Crippen molar-refractivity contribution < 1.29 is 17.9 Å². The number of sulfonamides is 1. The number of pyridine rings is 1. The summed E-state index contributed by atoms with van der Waals surface area (Å²) in [7, 11) is -2.36. The third kappa shape index (κ3) is 4.55. The Kier molecular flexibility index (Phi) is 5.79. The predicted octanol–water partition coefficient (Wildman–Crippen LogP) is 4.60. The topological polar surface area (TPSA) is 97.4 Å². The van der Waals surface area contributed by atoms with Gasteiger partial charge in [0.05, 0.1) is 29.4 Å². The van der Waals surface area contributed by atoms with Gasteiger partial charge in [0, 0.05) is 16.6 Å². The van der Waals surface area contributed by atoms with Gasteiger partial charge in [-0.25, -0.2) is 8.42 Å². The molecule has 0 saturated heterocycles. The van der Waals surface area contributed by atoms with E-state index in [4.69, 9.17) is 4.74 Å². The van der Waals surface area contributed by atoms with Crippen LogP contribution in [0.1, 0.15) is 15.9 Å². The standard InChI is InChI=1S/C24H21N3O4S/c1-16-7-12-21(32(29,30)27-18-8-10-20(31-2)11-9-18)14-22(16)24(28)26-19-13-17-5-3-4-6-23(17)25-15-19/h3-15,27H,1-2H3,(H,26,28). The van der Waals surface area contributed by atoms with Crippen LogP contribution in [0.3, 0.4) is 0 Å². The van der Waals surface area contributed by atoms with E-state index in [0.717, 1.165) is 10.9 Å². The molecular weight excluding hydrogens is 426 g/mol. The van der Waals surface area contributed by atoms with Crippen LogP contribution in [0.4, 0.5) is 11.4 Å². The number of nitrogens with one attached hydrogen (secondary N) is 2. The van der Waals surface area contributed by atoms with Gasteiger partial charge in [-0.1, -0.05) is 24.3 Å². The van der Waals surface area contributed by atoms with Gasteiger partial charge < -0.3 is 10.1 Å². The van der Waals surface area contributed by atoms with Crippen LogP contribution in [0.15, 0.2) is 83.9 Å². The molecule has 0 aliphatic rings. The van der Waals surface area contributed by atoms with Gasteiger partial charge in [-0.3, -0.25) is 14.5 Å². The summed E-state index contributed by atoms with van der Waals surface area (Å²) in [6, 6.07) is 20.4. The first-order valence-corrected chi connectivity index (χ1v) is 11.3. The van der Waals surface area contributed by atoms with E-state index in [-0.39, 0.29) is 10.5 Å². The van der Waals surface area contributed by atoms with Gasteiger partial charge in [-0.15, -0.1) is 0 Å². The zero-order valence-corrected chi connectivity index (χ0v) is 18.3. The van der Waals surface area contributed by atoms with Crippen LogP contribution in [0.5, 0.6) is 5.75 Å². The van der Waals surface area contributed by atoms with E-state index in [1.807, 2.05) is 30.3 Å². The molecular formula is C24H21N3O4S. The van der Waals surface area contributed by atoms with Crippen molar-refractivity contribution >= 4 is 38.2 Å². The quantitative estimate of drug-likeness (QED) is 0.450. The SMILES string of the molecule is COc1ccc(NS(=O)(=O)c2ccc(C)c(C(=O)Nc3cnc4ccccc4c3)c2)cc1. The highest BCUT2D eigenvalue weighted by atomic mass is 32.2. The summed E-state index contributed by atoms with van der Waals surface area (Å²) in [5.74, 6) is 0.200. The molecule has 0 unspecified atom stereocenters. The first-order chi connectivity index (χ1) is 15.4. The highest BCUT2D eigenvalue weighted by molar-refractivity contribution is 7.92. The van der Waals surface area contributed by atoms with Crippen LogP contribution in [0, 0.1) is 6.92 Å². The average molecular weight is 448 g/mol. The maximum absolute atomic E-state index is 12.9. The van der Waals surface area contributed by atoms with Crippen molar-refractivity contribution in [1.82, 2.24) is 4.98 Å². The van der Waals surface area contributed by atoms with Gasteiger partial charge in [-0.05, 0) is 61.0 Å². The number of nitrogens with zero attached hydrogens (tertiary/aromatic N) is 1. The second kappa shape index (κ2) is 8.68. The van der Waals surface area contributed by atoms with E-state index in [1.54, 1.807) is 43.5 Å². The Hall–Kier alpha value is -3.91. The van der Waals surface area contributed by atoms with E-state index in [9.17, 15) is 13.2 Å². The molecule has 0 atom stereocenters. The molecule has 1 aromatic heterocycles. The van der Waals surface area contributed by atoms with Crippen LogP contribution < -0.4 is 14.8 Å². The van der Waals surface area contributed by atoms with Crippen molar-refractivity contribution in [2.75, 3.05) is 17.1 Å². The summed E-state index contributed by atoms with van der Waals surface area (Å²) in [5, 5.41) is 3.69. The van der Waals surface area contributed by atoms with E-state index < -0.39 is 15.9 Å². The fourth-order valence-electron chi connectivity index (χ4n) is 3.22. The van der Waals surface area contributed by atoms with Crippen LogP contribution >= 0.6 is 0 Å². The summed E-state index contributed by atoms with van der Waals surface area (Å²) in [6.45, 7) is 1.75. The molecule has 3 aromatic carbocycles. The molecule has 0 aliphatic carbocycles. The molecule has 8 heteroatoms. The van der Waals surface area contributed by atoms with Crippen molar-refractivity contribution in [1.29, 1.82) is 0 Å². The van der Waals surface area contributed by atoms with Gasteiger partial charge in [0.15, 0.2) is 0 Å². The average Bonchev–Trinajstić information content (AvgIpc) is 2.79. The summed E-state index contributed by atoms with van der Waals surface area (Å²) < 4.78 is 33.3. The fraction of sp³-hybridized carbons (Fsp3) is 0.0833. The fourth-order valence-corrected chi connectivity index (χ4v) is 4.31. The Labute approximate surface area is 186 Å². The minimum Gasteiger partial charge on any atom is -0.497 e. The van der Waals surface area contributed by atoms with Gasteiger partial charge in [0.2, 0.25) is 0 Å². The zero-order valence-electron chi connectivity index (χ0n) is 17.5. The van der Waals surface area contributed by atoms with Crippen LogP contribution in [0.25, 0.3) is 10.9 Å². The van der Waals surface area contributed by atoms with Crippen molar-refractivity contribution in [3.8, 4) is 5.75 Å². The molecule has 4 rings (SSSR count). The van der Waals surface area contributed by atoms with Gasteiger partial charge in [0.25, 0.3) is 15.9 Å². The lowest BCUT2D eigenvalue weighted by molar-refractivity contribution is 0.102. The van der Waals surface area contributed by atoms with Gasteiger partial charge >= 0.3 is 0 Å². The van der Waals surface area contributed by atoms with Crippen LogP contribution in [-0.2, 0) is 10.0 Å². The lowest BCUT2D eigenvalue weighted by atomic mass is 10.1. The highest BCUT2D eigenvalue weighted by Crippen LogP contribution is 2.23. The minimum absolute atomic E-state index is 0.0132. The molecule has 1 heterocycles. The third-order valence-corrected chi connectivity index (χ3v) is 6.33. The maximum Gasteiger partial charge on any atom is 0.261 e. The summed E-state index contributed by atoms with van der Waals surface area (Å²) in [6.07, 6.45) is 1.57. The molecule has 2 N–H and O–H groups in total. The van der Waals surface area contributed by atoms with Crippen LogP contribution in [0.2, 0.25) is 0 Å². The van der Waals surface area contributed by atoms with Crippen LogP contribution in [-0.4, -0.2) is 26.4 Å². The van der Waals surface area contributed by atoms with Crippen molar-refractivity contribution in [3.63, 3.8) is 0 Å². The van der Waals surface area contributed by atoms with E-state index >= 15 is 0 Å². The Morgan fingerprint density at radius 2 is 1.69 bits per heavy atom. The smallest absolute Gasteiger partial charge is 0.261 e. The minimum atomic E-state index is -3.89. The third-order valence-electron chi connectivity index (χ3n) is 4.95. The van der Waals surface area contributed by atoms with Crippen molar-refractivity contribution in [2.45, 2.75) is 11.8 Å². The molecule has 0 fully saturated rings. The number of carbonyl (C=O) groups excluding carboxylic acids is 1. The van der Waals surface area contributed by atoms with Crippen molar-refractivity contribution in [3.05, 3.63) is 90.1 Å². The zero-order chi connectivity index (χ0) is 22.7. The molecule has 0 radical (unpaired) electrons. The second-order valence-corrected chi connectivity index (χ2v) is 8.86. The molecule has 0 aliphatic heterocycles. The molecule has 0 saturated carbocycles. The largest absolute Gasteiger partial charge is 0.497 e. The molecule has 162 valence electrons. The number of rotatable bonds is 6. The predicted molar refractivity (Wildman–Crippen MR) is 125 cm³/mol. The Morgan fingerprint density at radius 1 is 0.938 bits per heavy atom. The van der Waals surface area contributed by atoms with Gasteiger partial charge in [0.1, 0.15) is 5.75 Å². The number of methoxy groups -OCH3 is 1. The number of carbonyl (C=O) groups is 1. The number of ether oxygens (including phenoxy) is 1. The number of aromatic nitrogens is 1. The summed E-state index contributed by atoms with van der Waals surface area (Å²) in [4.78, 5) is 17.2. The van der Waals surface area contributed by atoms with E-state index in [1.165, 1.54) is 19.2 Å². The van der Waals surface area contributed by atoms with Crippen molar-refractivity contribution in [2.24, 2.45) is 0 Å². The Balaban J connectivity index is 1.58. The number of aryl methyl sites for hydroxylation is 1. The number of hydrogen-bond acceptors (Lipinski definition) is 5. The number of para-hydroxylation sites is 1. The lowest BCUT2D eigenvalue weighted by Crippen LogP contribution is -2.17. The number of hydrogen-bond donors (Lipinski definition) is 2. The second-order valence-electron chi connectivity index (χ2n) is 7.18. The lowest BCUT2D eigenvalue weighted by Gasteiger charge is -2.12. The van der Waals surface area contributed by atoms with E-state index in [2.05, 4.69) is 15.0 Å². The molecule has 32 heavy (non-hydrogen) atoms. The number of amides is 1. The van der Waals surface area contributed by atoms with Gasteiger partial charge in [-0.2, -0.15) is 0 Å². The molecule has 0 spiro atoms. The maximum atomic E-state index is 12.9. The molecule has 4 aromatic rings. The Bertz CT molecular complexity index is 1400. The monoisotopic (exact) mass is 447 g/mol. The summed E-state index contributed by atoms with van der Waals surface area (Å²) in [5.41, 5.74) is 2.65. The number of benzene rings is 3. The molecule has 0 bridgehead atoms. The number of fused-ring (bicyclic) bond motifs is 1. The summed E-state index contributed by atoms with van der Waals surface area (Å²) >= 11 is 0.